The Morgan fingerprint density at radius 2 is 2.00 bits per heavy atom. The number of aromatic nitrogens is 2. The predicted molar refractivity (Wildman–Crippen MR) is 104 cm³/mol. The molecule has 1 aromatic carbocycles. The zero-order valence-corrected chi connectivity index (χ0v) is 15.9. The maximum Gasteiger partial charge on any atom is 0.274 e. The number of hydrogen-bond acceptors (Lipinski definition) is 6. The lowest BCUT2D eigenvalue weighted by Crippen LogP contribution is -2.51. The molecule has 1 unspecified atom stereocenters. The third-order valence-electron chi connectivity index (χ3n) is 5.32. The lowest BCUT2D eigenvalue weighted by molar-refractivity contribution is 0.0400. The Labute approximate surface area is 164 Å². The average molecular weight is 385 g/mol. The number of H-pyrrole nitrogens is 1. The predicted octanol–water partition coefficient (Wildman–Crippen LogP) is 0.253. The van der Waals surface area contributed by atoms with E-state index in [1.807, 2.05) is 35.2 Å². The molecule has 2 aromatic rings. The number of aliphatic hydroxyl groups is 1. The normalized spacial score (nSPS) is 18.5. The van der Waals surface area contributed by atoms with Gasteiger partial charge in [0.05, 0.1) is 0 Å². The Hall–Kier alpha value is -2.42. The molecule has 1 saturated heterocycles. The highest BCUT2D eigenvalue weighted by atomic mass is 16.5. The summed E-state index contributed by atoms with van der Waals surface area (Å²) in [6.07, 6.45) is 0.318. The van der Waals surface area contributed by atoms with Gasteiger partial charge in [-0.1, -0.05) is 18.2 Å². The van der Waals surface area contributed by atoms with E-state index in [1.165, 1.54) is 0 Å². The molecule has 0 radical (unpaired) electrons. The molecule has 0 bridgehead atoms. The minimum atomic E-state index is -0.563. The molecular weight excluding hydrogens is 358 g/mol. The summed E-state index contributed by atoms with van der Waals surface area (Å²) in [5.74, 6) is 0.752. The summed E-state index contributed by atoms with van der Waals surface area (Å²) in [4.78, 5) is 16.9. The van der Waals surface area contributed by atoms with E-state index >= 15 is 0 Å². The van der Waals surface area contributed by atoms with Crippen molar-refractivity contribution in [2.24, 2.45) is 0 Å². The minimum absolute atomic E-state index is 0.00573. The van der Waals surface area contributed by atoms with E-state index in [9.17, 15) is 9.90 Å². The Morgan fingerprint density at radius 1 is 1.21 bits per heavy atom. The maximum atomic E-state index is 12.8. The van der Waals surface area contributed by atoms with Gasteiger partial charge in [0.25, 0.3) is 5.91 Å². The molecule has 1 atom stereocenters. The molecule has 8 heteroatoms. The second-order valence-corrected chi connectivity index (χ2v) is 7.33. The molecule has 4 rings (SSSR count). The van der Waals surface area contributed by atoms with Crippen LogP contribution in [-0.4, -0.2) is 83.0 Å². The molecule has 1 fully saturated rings. The molecule has 0 aliphatic carbocycles. The lowest BCUT2D eigenvalue weighted by Gasteiger charge is -2.35. The van der Waals surface area contributed by atoms with Crippen molar-refractivity contribution in [1.29, 1.82) is 0 Å². The van der Waals surface area contributed by atoms with Crippen molar-refractivity contribution < 1.29 is 14.6 Å². The highest BCUT2D eigenvalue weighted by molar-refractivity contribution is 5.94. The van der Waals surface area contributed by atoms with Crippen molar-refractivity contribution in [3.63, 3.8) is 0 Å². The molecule has 3 N–H and O–H groups in total. The van der Waals surface area contributed by atoms with E-state index in [0.717, 1.165) is 43.1 Å². The molecule has 150 valence electrons. The number of para-hydroxylation sites is 1. The number of hydrogen-bond donors (Lipinski definition) is 3. The summed E-state index contributed by atoms with van der Waals surface area (Å²) >= 11 is 0. The first kappa shape index (κ1) is 18.9. The Bertz CT molecular complexity index is 786. The van der Waals surface area contributed by atoms with Crippen LogP contribution in [0, 0.1) is 0 Å². The molecule has 0 saturated carbocycles. The van der Waals surface area contributed by atoms with Gasteiger partial charge in [0.1, 0.15) is 18.5 Å². The third kappa shape index (κ3) is 4.35. The summed E-state index contributed by atoms with van der Waals surface area (Å²) in [5, 5.41) is 20.8. The quantitative estimate of drug-likeness (QED) is 0.660. The van der Waals surface area contributed by atoms with Gasteiger partial charge >= 0.3 is 0 Å². The number of rotatable bonds is 6. The monoisotopic (exact) mass is 385 g/mol. The van der Waals surface area contributed by atoms with Crippen LogP contribution in [-0.2, 0) is 13.0 Å². The first-order valence-corrected chi connectivity index (χ1v) is 9.85. The molecule has 0 spiro atoms. The number of nitrogens with one attached hydrogen (secondary N) is 2. The zero-order chi connectivity index (χ0) is 19.3. The fourth-order valence-corrected chi connectivity index (χ4v) is 3.75. The second-order valence-electron chi connectivity index (χ2n) is 7.33. The van der Waals surface area contributed by atoms with Crippen LogP contribution in [0.2, 0.25) is 0 Å². The van der Waals surface area contributed by atoms with Crippen molar-refractivity contribution in [1.82, 2.24) is 25.3 Å². The van der Waals surface area contributed by atoms with Gasteiger partial charge in [-0.05, 0) is 12.1 Å². The number of nitrogens with zero attached hydrogens (tertiary/aromatic N) is 3. The first-order valence-electron chi connectivity index (χ1n) is 9.85. The molecule has 8 nitrogen and oxygen atoms in total. The molecule has 3 heterocycles. The van der Waals surface area contributed by atoms with Gasteiger partial charge in [0, 0.05) is 63.5 Å². The average Bonchev–Trinajstić information content (AvgIpc) is 3.17. The van der Waals surface area contributed by atoms with Crippen LogP contribution in [0.4, 0.5) is 0 Å². The van der Waals surface area contributed by atoms with E-state index in [2.05, 4.69) is 20.4 Å². The Kier molecular flexibility index (Phi) is 5.90. The summed E-state index contributed by atoms with van der Waals surface area (Å²) in [7, 11) is 0. The molecule has 2 aliphatic rings. The number of β-amino-alcohol motifs (C(OH)–C–C–N with tert-alkyl or cyclic N) is 1. The van der Waals surface area contributed by atoms with Crippen molar-refractivity contribution in [2.45, 2.75) is 19.1 Å². The zero-order valence-electron chi connectivity index (χ0n) is 15.9. The van der Waals surface area contributed by atoms with Gasteiger partial charge in [-0.25, -0.2) is 0 Å². The summed E-state index contributed by atoms with van der Waals surface area (Å²) in [5.41, 5.74) is 2.63. The van der Waals surface area contributed by atoms with Crippen LogP contribution in [0.1, 0.15) is 21.7 Å². The van der Waals surface area contributed by atoms with E-state index in [-0.39, 0.29) is 12.5 Å². The lowest BCUT2D eigenvalue weighted by atomic mass is 10.1. The van der Waals surface area contributed by atoms with E-state index < -0.39 is 6.10 Å². The maximum absolute atomic E-state index is 12.8. The number of carbonyl (C=O) groups excluding carboxylic acids is 1. The third-order valence-corrected chi connectivity index (χ3v) is 5.32. The Morgan fingerprint density at radius 3 is 2.79 bits per heavy atom. The SMILES string of the molecule is O=C(c1n[nH]c2c1CNCC2)N1CCN(CC(O)COc2ccccc2)CC1. The van der Waals surface area contributed by atoms with Crippen molar-refractivity contribution in [2.75, 3.05) is 45.9 Å². The number of piperazine rings is 1. The highest BCUT2D eigenvalue weighted by Crippen LogP contribution is 2.18. The summed E-state index contributed by atoms with van der Waals surface area (Å²) in [6.45, 7) is 5.16. The van der Waals surface area contributed by atoms with Crippen molar-refractivity contribution in [3.05, 3.63) is 47.3 Å². The topological polar surface area (TPSA) is 93.7 Å². The number of aliphatic hydroxyl groups excluding tert-OH is 1. The van der Waals surface area contributed by atoms with E-state index in [1.54, 1.807) is 0 Å². The first-order chi connectivity index (χ1) is 13.7. The highest BCUT2D eigenvalue weighted by Gasteiger charge is 2.28. The number of aromatic amines is 1. The number of amides is 1. The largest absolute Gasteiger partial charge is 0.491 e. The smallest absolute Gasteiger partial charge is 0.274 e. The van der Waals surface area contributed by atoms with Crippen LogP contribution in [0.15, 0.2) is 30.3 Å². The van der Waals surface area contributed by atoms with Gasteiger partial charge < -0.3 is 20.1 Å². The van der Waals surface area contributed by atoms with Crippen LogP contribution in [0.3, 0.4) is 0 Å². The number of ether oxygens (including phenoxy) is 1. The molecular formula is C20H27N5O3. The van der Waals surface area contributed by atoms with Gasteiger partial charge in [0.2, 0.25) is 0 Å². The number of carbonyl (C=O) groups is 1. The van der Waals surface area contributed by atoms with Gasteiger partial charge in [-0.3, -0.25) is 14.8 Å². The standard InChI is InChI=1S/C20H27N5O3/c26-15(14-28-16-4-2-1-3-5-16)13-24-8-10-25(11-9-24)20(27)19-17-12-21-7-6-18(17)22-23-19/h1-5,15,21,26H,6-14H2,(H,22,23). The van der Waals surface area contributed by atoms with E-state index in [4.69, 9.17) is 4.74 Å². The van der Waals surface area contributed by atoms with Gasteiger partial charge in [-0.2, -0.15) is 5.10 Å². The minimum Gasteiger partial charge on any atom is -0.491 e. The molecule has 2 aliphatic heterocycles. The van der Waals surface area contributed by atoms with Crippen LogP contribution in [0.5, 0.6) is 5.75 Å². The Balaban J connectivity index is 1.24. The van der Waals surface area contributed by atoms with Gasteiger partial charge in [-0.15, -0.1) is 0 Å². The fourth-order valence-electron chi connectivity index (χ4n) is 3.75. The van der Waals surface area contributed by atoms with Crippen LogP contribution < -0.4 is 10.1 Å². The van der Waals surface area contributed by atoms with Crippen LogP contribution >= 0.6 is 0 Å². The van der Waals surface area contributed by atoms with Crippen molar-refractivity contribution >= 4 is 5.91 Å². The van der Waals surface area contributed by atoms with E-state index in [0.29, 0.717) is 31.9 Å². The van der Waals surface area contributed by atoms with Crippen LogP contribution in [0.25, 0.3) is 0 Å². The van der Waals surface area contributed by atoms with Gasteiger partial charge in [0.15, 0.2) is 5.69 Å². The number of fused-ring (bicyclic) bond motifs is 1. The summed E-state index contributed by atoms with van der Waals surface area (Å²) in [6, 6.07) is 9.50. The van der Waals surface area contributed by atoms with Crippen molar-refractivity contribution in [3.8, 4) is 5.75 Å². The molecule has 28 heavy (non-hydrogen) atoms. The molecule has 1 amide bonds. The second kappa shape index (κ2) is 8.72. The summed E-state index contributed by atoms with van der Waals surface area (Å²) < 4.78 is 5.61. The molecule has 1 aromatic heterocycles. The fraction of sp³-hybridized carbons (Fsp3) is 0.500. The number of benzene rings is 1.